The van der Waals surface area contributed by atoms with Crippen molar-refractivity contribution in [2.45, 2.75) is 12.2 Å². The number of aliphatic imine (C=N–C) groups is 1. The fourth-order valence-electron chi connectivity index (χ4n) is 3.42. The molecule has 0 N–H and O–H groups in total. The van der Waals surface area contributed by atoms with Gasteiger partial charge in [0.05, 0.1) is 12.1 Å². The molecular formula is C18H22N4OS. The number of amides is 1. The largest absolute Gasteiger partial charge is 0.350 e. The number of para-hydroxylation sites is 1. The van der Waals surface area contributed by atoms with Crippen molar-refractivity contribution in [2.24, 2.45) is 12.0 Å². The lowest BCUT2D eigenvalue weighted by atomic mass is 10.1. The Labute approximate surface area is 146 Å². The number of hydrogen-bond donors (Lipinski definition) is 0. The maximum absolute atomic E-state index is 13.0. The third-order valence-corrected chi connectivity index (χ3v) is 5.90. The molecule has 126 valence electrons. The van der Waals surface area contributed by atoms with Gasteiger partial charge in [-0.15, -0.1) is 0 Å². The summed E-state index contributed by atoms with van der Waals surface area (Å²) in [7, 11) is 1.99. The molecule has 1 saturated heterocycles. The topological polar surface area (TPSA) is 40.8 Å². The number of aromatic nitrogens is 1. The fraction of sp³-hybridized carbons (Fsp3) is 0.444. The molecule has 24 heavy (non-hydrogen) atoms. The fourth-order valence-corrected chi connectivity index (χ4v) is 4.41. The van der Waals surface area contributed by atoms with Crippen LogP contribution in [0.2, 0.25) is 0 Å². The van der Waals surface area contributed by atoms with Gasteiger partial charge in [-0.2, -0.15) is 0 Å². The van der Waals surface area contributed by atoms with Crippen LogP contribution in [0, 0.1) is 0 Å². The van der Waals surface area contributed by atoms with Crippen LogP contribution in [0.3, 0.4) is 0 Å². The molecule has 1 fully saturated rings. The molecule has 1 aromatic heterocycles. The number of piperazine rings is 1. The summed E-state index contributed by atoms with van der Waals surface area (Å²) in [5, 5.41) is 2.77. The molecule has 6 heteroatoms. The lowest BCUT2D eigenvalue weighted by molar-refractivity contribution is 0.0695. The SMILES string of the molecule is C[C@@H]1CN=C(N2CCN(C(=O)c3cn(C)c4ccccc34)CC2)S1. The first-order valence-electron chi connectivity index (χ1n) is 8.43. The number of benzene rings is 1. The molecule has 0 saturated carbocycles. The Bertz CT molecular complexity index is 804. The van der Waals surface area contributed by atoms with Crippen molar-refractivity contribution in [3.05, 3.63) is 36.0 Å². The first-order valence-corrected chi connectivity index (χ1v) is 9.31. The predicted octanol–water partition coefficient (Wildman–Crippen LogP) is 2.43. The van der Waals surface area contributed by atoms with E-state index >= 15 is 0 Å². The number of nitrogens with zero attached hydrogens (tertiary/aromatic N) is 4. The van der Waals surface area contributed by atoms with Crippen LogP contribution >= 0.6 is 11.8 Å². The first-order chi connectivity index (χ1) is 11.6. The second-order valence-corrected chi connectivity index (χ2v) is 7.91. The molecule has 2 aromatic rings. The minimum Gasteiger partial charge on any atom is -0.350 e. The maximum Gasteiger partial charge on any atom is 0.256 e. The highest BCUT2D eigenvalue weighted by Gasteiger charge is 2.28. The van der Waals surface area contributed by atoms with Crippen molar-refractivity contribution in [3.8, 4) is 0 Å². The Hall–Kier alpha value is -1.95. The van der Waals surface area contributed by atoms with Crippen molar-refractivity contribution in [3.63, 3.8) is 0 Å². The quantitative estimate of drug-likeness (QED) is 0.799. The van der Waals surface area contributed by atoms with Crippen LogP contribution in [0.15, 0.2) is 35.5 Å². The van der Waals surface area contributed by atoms with Crippen LogP contribution in [0.1, 0.15) is 17.3 Å². The van der Waals surface area contributed by atoms with Gasteiger partial charge in [-0.1, -0.05) is 36.9 Å². The van der Waals surface area contributed by atoms with Crippen molar-refractivity contribution >= 4 is 33.7 Å². The maximum atomic E-state index is 13.0. The average Bonchev–Trinajstić information content (AvgIpc) is 3.19. The van der Waals surface area contributed by atoms with E-state index in [1.807, 2.05) is 52.7 Å². The molecule has 0 unspecified atom stereocenters. The molecule has 3 heterocycles. The van der Waals surface area contributed by atoms with E-state index in [0.29, 0.717) is 5.25 Å². The summed E-state index contributed by atoms with van der Waals surface area (Å²) in [5.74, 6) is 0.140. The number of carbonyl (C=O) groups is 1. The van der Waals surface area contributed by atoms with Crippen LogP contribution in [-0.4, -0.2) is 63.4 Å². The normalized spacial score (nSPS) is 21.4. The zero-order valence-electron chi connectivity index (χ0n) is 14.1. The van der Waals surface area contributed by atoms with Gasteiger partial charge < -0.3 is 14.4 Å². The molecule has 0 bridgehead atoms. The Morgan fingerprint density at radius 2 is 1.96 bits per heavy atom. The summed E-state index contributed by atoms with van der Waals surface area (Å²) in [6.07, 6.45) is 1.96. The highest BCUT2D eigenvalue weighted by atomic mass is 32.2. The molecule has 4 rings (SSSR count). The molecule has 1 aromatic carbocycles. The molecule has 2 aliphatic heterocycles. The van der Waals surface area contributed by atoms with E-state index in [1.54, 1.807) is 0 Å². The van der Waals surface area contributed by atoms with Crippen molar-refractivity contribution in [1.82, 2.24) is 14.4 Å². The van der Waals surface area contributed by atoms with Crippen molar-refractivity contribution in [1.29, 1.82) is 0 Å². The summed E-state index contributed by atoms with van der Waals surface area (Å²) in [6, 6.07) is 8.09. The minimum absolute atomic E-state index is 0.140. The van der Waals surface area contributed by atoms with E-state index in [0.717, 1.165) is 54.4 Å². The molecule has 0 radical (unpaired) electrons. The van der Waals surface area contributed by atoms with Gasteiger partial charge in [0, 0.05) is 55.6 Å². The van der Waals surface area contributed by atoms with Crippen LogP contribution in [-0.2, 0) is 7.05 Å². The summed E-state index contributed by atoms with van der Waals surface area (Å²) >= 11 is 1.85. The van der Waals surface area contributed by atoms with Crippen LogP contribution in [0.4, 0.5) is 0 Å². The molecular weight excluding hydrogens is 320 g/mol. The number of amidine groups is 1. The van der Waals surface area contributed by atoms with Crippen LogP contribution in [0.5, 0.6) is 0 Å². The third kappa shape index (κ3) is 2.69. The number of carbonyl (C=O) groups excluding carboxylic acids is 1. The standard InChI is InChI=1S/C18H22N4OS/c1-13-11-19-18(24-13)22-9-7-21(8-10-22)17(23)15-12-20(2)16-6-4-3-5-14(15)16/h3-6,12-13H,7-11H2,1-2H3/t13-/m1/s1. The highest BCUT2D eigenvalue weighted by Crippen LogP contribution is 2.25. The molecule has 1 atom stereocenters. The van der Waals surface area contributed by atoms with Gasteiger partial charge in [0.1, 0.15) is 0 Å². The molecule has 1 amide bonds. The van der Waals surface area contributed by atoms with Gasteiger partial charge in [0.25, 0.3) is 5.91 Å². The summed E-state index contributed by atoms with van der Waals surface area (Å²) in [6.45, 7) is 6.38. The number of hydrogen-bond acceptors (Lipinski definition) is 4. The number of rotatable bonds is 1. The minimum atomic E-state index is 0.140. The zero-order valence-corrected chi connectivity index (χ0v) is 14.9. The first kappa shape index (κ1) is 15.6. The predicted molar refractivity (Wildman–Crippen MR) is 99.8 cm³/mol. The second-order valence-electron chi connectivity index (χ2n) is 6.50. The Morgan fingerprint density at radius 1 is 1.21 bits per heavy atom. The lowest BCUT2D eigenvalue weighted by Crippen LogP contribution is -2.49. The zero-order chi connectivity index (χ0) is 16.7. The number of thioether (sulfide) groups is 1. The summed E-state index contributed by atoms with van der Waals surface area (Å²) < 4.78 is 2.03. The Morgan fingerprint density at radius 3 is 2.67 bits per heavy atom. The van der Waals surface area contributed by atoms with E-state index in [2.05, 4.69) is 22.9 Å². The Balaban J connectivity index is 1.48. The number of aryl methyl sites for hydroxylation is 1. The van der Waals surface area contributed by atoms with Crippen molar-refractivity contribution < 1.29 is 4.79 Å². The Kier molecular flexibility index (Phi) is 4.00. The van der Waals surface area contributed by atoms with E-state index in [4.69, 9.17) is 0 Å². The highest BCUT2D eigenvalue weighted by molar-refractivity contribution is 8.14. The van der Waals surface area contributed by atoms with E-state index in [-0.39, 0.29) is 5.91 Å². The van der Waals surface area contributed by atoms with Gasteiger partial charge in [-0.05, 0) is 6.07 Å². The van der Waals surface area contributed by atoms with Gasteiger partial charge in [0.2, 0.25) is 0 Å². The summed E-state index contributed by atoms with van der Waals surface area (Å²) in [4.78, 5) is 21.9. The molecule has 0 aliphatic carbocycles. The monoisotopic (exact) mass is 342 g/mol. The van der Waals surface area contributed by atoms with Gasteiger partial charge in [-0.3, -0.25) is 9.79 Å². The second kappa shape index (κ2) is 6.16. The van der Waals surface area contributed by atoms with E-state index in [1.165, 1.54) is 0 Å². The third-order valence-electron chi connectivity index (χ3n) is 4.76. The van der Waals surface area contributed by atoms with Crippen LogP contribution in [0.25, 0.3) is 10.9 Å². The van der Waals surface area contributed by atoms with Crippen LogP contribution < -0.4 is 0 Å². The van der Waals surface area contributed by atoms with E-state index in [9.17, 15) is 4.79 Å². The molecule has 2 aliphatic rings. The molecule has 5 nitrogen and oxygen atoms in total. The van der Waals surface area contributed by atoms with E-state index < -0.39 is 0 Å². The smallest absolute Gasteiger partial charge is 0.256 e. The number of fused-ring (bicyclic) bond motifs is 1. The van der Waals surface area contributed by atoms with Crippen molar-refractivity contribution in [2.75, 3.05) is 32.7 Å². The molecule has 0 spiro atoms. The average molecular weight is 342 g/mol. The summed E-state index contributed by atoms with van der Waals surface area (Å²) in [5.41, 5.74) is 1.91. The lowest BCUT2D eigenvalue weighted by Gasteiger charge is -2.35. The van der Waals surface area contributed by atoms with Gasteiger partial charge in [-0.25, -0.2) is 0 Å². The van der Waals surface area contributed by atoms with Gasteiger partial charge >= 0.3 is 0 Å². The van der Waals surface area contributed by atoms with Gasteiger partial charge in [0.15, 0.2) is 5.17 Å².